The zero-order chi connectivity index (χ0) is 13.7. The van der Waals surface area contributed by atoms with Gasteiger partial charge in [-0.05, 0) is 36.5 Å². The monoisotopic (exact) mass is 263 g/mol. The van der Waals surface area contributed by atoms with Crippen molar-refractivity contribution in [3.05, 3.63) is 29.8 Å². The van der Waals surface area contributed by atoms with Gasteiger partial charge < -0.3 is 15.2 Å². The number of ether oxygens (including phenoxy) is 1. The highest BCUT2D eigenvalue weighted by Crippen LogP contribution is 2.29. The van der Waals surface area contributed by atoms with Crippen LogP contribution in [0.5, 0.6) is 5.75 Å². The SMILES string of the molecule is COc1ccc(C(O)CNC(=O)CC2CCC2)cc1. The van der Waals surface area contributed by atoms with E-state index in [1.807, 2.05) is 12.1 Å². The second-order valence-electron chi connectivity index (χ2n) is 5.09. The molecule has 104 valence electrons. The van der Waals surface area contributed by atoms with Crippen molar-refractivity contribution in [1.29, 1.82) is 0 Å². The summed E-state index contributed by atoms with van der Waals surface area (Å²) in [5.41, 5.74) is 0.782. The number of rotatable bonds is 6. The summed E-state index contributed by atoms with van der Waals surface area (Å²) in [6.45, 7) is 0.262. The van der Waals surface area contributed by atoms with Crippen molar-refractivity contribution >= 4 is 5.91 Å². The first-order valence-electron chi connectivity index (χ1n) is 6.77. The number of benzene rings is 1. The zero-order valence-corrected chi connectivity index (χ0v) is 11.3. The van der Waals surface area contributed by atoms with Crippen LogP contribution in [-0.4, -0.2) is 24.7 Å². The Kier molecular flexibility index (Phi) is 4.80. The summed E-state index contributed by atoms with van der Waals surface area (Å²) < 4.78 is 5.06. The zero-order valence-electron chi connectivity index (χ0n) is 11.3. The number of hydrogen-bond acceptors (Lipinski definition) is 3. The molecule has 1 fully saturated rings. The van der Waals surface area contributed by atoms with Gasteiger partial charge in [0.25, 0.3) is 0 Å². The lowest BCUT2D eigenvalue weighted by atomic mass is 9.83. The molecule has 19 heavy (non-hydrogen) atoms. The highest BCUT2D eigenvalue weighted by atomic mass is 16.5. The molecular formula is C15H21NO3. The summed E-state index contributed by atoms with van der Waals surface area (Å²) in [5, 5.41) is 12.8. The summed E-state index contributed by atoms with van der Waals surface area (Å²) in [6, 6.07) is 7.21. The molecule has 0 radical (unpaired) electrons. The van der Waals surface area contributed by atoms with E-state index in [4.69, 9.17) is 4.74 Å². The molecule has 1 unspecified atom stereocenters. The molecule has 0 bridgehead atoms. The van der Waals surface area contributed by atoms with Crippen LogP contribution in [0.2, 0.25) is 0 Å². The molecule has 1 atom stereocenters. The Morgan fingerprint density at radius 3 is 2.63 bits per heavy atom. The van der Waals surface area contributed by atoms with Crippen molar-refractivity contribution in [2.24, 2.45) is 5.92 Å². The highest BCUT2D eigenvalue weighted by Gasteiger charge is 2.20. The Morgan fingerprint density at radius 1 is 1.42 bits per heavy atom. The minimum atomic E-state index is -0.670. The minimum Gasteiger partial charge on any atom is -0.497 e. The van der Waals surface area contributed by atoms with Gasteiger partial charge >= 0.3 is 0 Å². The fraction of sp³-hybridized carbons (Fsp3) is 0.533. The molecule has 0 aliphatic heterocycles. The fourth-order valence-corrected chi connectivity index (χ4v) is 2.19. The first-order chi connectivity index (χ1) is 9.19. The Bertz CT molecular complexity index is 412. The summed E-state index contributed by atoms with van der Waals surface area (Å²) in [4.78, 5) is 11.6. The largest absolute Gasteiger partial charge is 0.497 e. The maximum absolute atomic E-state index is 11.6. The average molecular weight is 263 g/mol. The predicted molar refractivity (Wildman–Crippen MR) is 72.9 cm³/mol. The molecule has 0 saturated heterocycles. The molecule has 0 heterocycles. The topological polar surface area (TPSA) is 58.6 Å². The Morgan fingerprint density at radius 2 is 2.11 bits per heavy atom. The van der Waals surface area contributed by atoms with Crippen LogP contribution >= 0.6 is 0 Å². The van der Waals surface area contributed by atoms with Crippen molar-refractivity contribution < 1.29 is 14.6 Å². The lowest BCUT2D eigenvalue weighted by molar-refractivity contribution is -0.123. The third-order valence-electron chi connectivity index (χ3n) is 3.69. The van der Waals surface area contributed by atoms with Crippen molar-refractivity contribution in [3.63, 3.8) is 0 Å². The van der Waals surface area contributed by atoms with Gasteiger partial charge in [-0.3, -0.25) is 4.79 Å². The average Bonchev–Trinajstić information content (AvgIpc) is 2.40. The van der Waals surface area contributed by atoms with E-state index in [1.54, 1.807) is 19.2 Å². The van der Waals surface area contributed by atoms with Gasteiger partial charge in [0.15, 0.2) is 0 Å². The summed E-state index contributed by atoms with van der Waals surface area (Å²) in [5.74, 6) is 1.35. The molecule has 1 saturated carbocycles. The lowest BCUT2D eigenvalue weighted by Crippen LogP contribution is -2.31. The van der Waals surface area contributed by atoms with Gasteiger partial charge in [-0.15, -0.1) is 0 Å². The van der Waals surface area contributed by atoms with Crippen LogP contribution in [0, 0.1) is 5.92 Å². The molecule has 4 heteroatoms. The van der Waals surface area contributed by atoms with E-state index < -0.39 is 6.10 Å². The summed E-state index contributed by atoms with van der Waals surface area (Å²) >= 11 is 0. The first-order valence-corrected chi connectivity index (χ1v) is 6.77. The Labute approximate surface area is 113 Å². The molecule has 1 amide bonds. The Hall–Kier alpha value is -1.55. The van der Waals surface area contributed by atoms with Crippen LogP contribution in [-0.2, 0) is 4.79 Å². The van der Waals surface area contributed by atoms with Gasteiger partial charge in [0.2, 0.25) is 5.91 Å². The van der Waals surface area contributed by atoms with E-state index in [0.29, 0.717) is 12.3 Å². The van der Waals surface area contributed by atoms with Crippen LogP contribution in [0.1, 0.15) is 37.4 Å². The quantitative estimate of drug-likeness (QED) is 0.825. The maximum atomic E-state index is 11.6. The Balaban J connectivity index is 1.75. The van der Waals surface area contributed by atoms with E-state index in [0.717, 1.165) is 24.2 Å². The van der Waals surface area contributed by atoms with Crippen LogP contribution in [0.3, 0.4) is 0 Å². The molecule has 1 aliphatic carbocycles. The number of aliphatic hydroxyl groups excluding tert-OH is 1. The molecule has 0 aromatic heterocycles. The van der Waals surface area contributed by atoms with Crippen molar-refractivity contribution in [1.82, 2.24) is 5.32 Å². The number of methoxy groups -OCH3 is 1. The fourth-order valence-electron chi connectivity index (χ4n) is 2.19. The van der Waals surface area contributed by atoms with Gasteiger partial charge in [-0.25, -0.2) is 0 Å². The van der Waals surface area contributed by atoms with Crippen molar-refractivity contribution in [2.45, 2.75) is 31.8 Å². The molecular weight excluding hydrogens is 242 g/mol. The van der Waals surface area contributed by atoms with Gasteiger partial charge in [0, 0.05) is 13.0 Å². The van der Waals surface area contributed by atoms with Crippen LogP contribution < -0.4 is 10.1 Å². The second kappa shape index (κ2) is 6.57. The van der Waals surface area contributed by atoms with Crippen molar-refractivity contribution in [3.8, 4) is 5.75 Å². The lowest BCUT2D eigenvalue weighted by Gasteiger charge is -2.24. The molecule has 1 aliphatic rings. The standard InChI is InChI=1S/C15H21NO3/c1-19-13-7-5-12(6-8-13)14(17)10-16-15(18)9-11-3-2-4-11/h5-8,11,14,17H,2-4,9-10H2,1H3,(H,16,18). The van der Waals surface area contributed by atoms with E-state index in [2.05, 4.69) is 5.32 Å². The highest BCUT2D eigenvalue weighted by molar-refractivity contribution is 5.76. The van der Waals surface area contributed by atoms with E-state index in [9.17, 15) is 9.90 Å². The van der Waals surface area contributed by atoms with Gasteiger partial charge in [-0.2, -0.15) is 0 Å². The number of carbonyl (C=O) groups excluding carboxylic acids is 1. The van der Waals surface area contributed by atoms with Gasteiger partial charge in [-0.1, -0.05) is 18.6 Å². The number of nitrogens with one attached hydrogen (secondary N) is 1. The summed E-state index contributed by atoms with van der Waals surface area (Å²) in [7, 11) is 1.60. The molecule has 0 spiro atoms. The van der Waals surface area contributed by atoms with Gasteiger partial charge in [0.1, 0.15) is 5.75 Å². The second-order valence-corrected chi connectivity index (χ2v) is 5.09. The molecule has 4 nitrogen and oxygen atoms in total. The van der Waals surface area contributed by atoms with Crippen LogP contribution in [0.25, 0.3) is 0 Å². The van der Waals surface area contributed by atoms with Crippen LogP contribution in [0.4, 0.5) is 0 Å². The van der Waals surface area contributed by atoms with E-state index in [-0.39, 0.29) is 12.5 Å². The maximum Gasteiger partial charge on any atom is 0.220 e. The van der Waals surface area contributed by atoms with Crippen molar-refractivity contribution in [2.75, 3.05) is 13.7 Å². The molecule has 1 aromatic carbocycles. The number of hydrogen-bond donors (Lipinski definition) is 2. The predicted octanol–water partition coefficient (Wildman–Crippen LogP) is 2.04. The number of aliphatic hydroxyl groups is 1. The van der Waals surface area contributed by atoms with Crippen LogP contribution in [0.15, 0.2) is 24.3 Å². The smallest absolute Gasteiger partial charge is 0.220 e. The molecule has 2 rings (SSSR count). The number of amides is 1. The minimum absolute atomic E-state index is 0.0391. The number of carbonyl (C=O) groups is 1. The third-order valence-corrected chi connectivity index (χ3v) is 3.69. The first kappa shape index (κ1) is 13.9. The summed E-state index contributed by atoms with van der Waals surface area (Å²) in [6.07, 6.45) is 3.49. The normalized spacial score (nSPS) is 16.5. The molecule has 2 N–H and O–H groups in total. The third kappa shape index (κ3) is 3.96. The van der Waals surface area contributed by atoms with E-state index in [1.165, 1.54) is 6.42 Å². The molecule has 1 aromatic rings. The van der Waals surface area contributed by atoms with E-state index >= 15 is 0 Å². The van der Waals surface area contributed by atoms with Gasteiger partial charge in [0.05, 0.1) is 13.2 Å².